The number of hydrogen-bond donors (Lipinski definition) is 1. The van der Waals surface area contributed by atoms with Gasteiger partial charge in [-0.3, -0.25) is 0 Å². The first-order valence-electron chi connectivity index (χ1n) is 6.96. The molecule has 4 heteroatoms. The zero-order valence-corrected chi connectivity index (χ0v) is 12.0. The van der Waals surface area contributed by atoms with E-state index < -0.39 is 0 Å². The maximum Gasteiger partial charge on any atom is 0.135 e. The molecule has 100 valence electrons. The first kappa shape index (κ1) is 13.3. The molecule has 4 nitrogen and oxygen atoms in total. The Hall–Kier alpha value is -1.16. The van der Waals surface area contributed by atoms with Gasteiger partial charge in [-0.05, 0) is 13.3 Å². The van der Waals surface area contributed by atoms with Crippen LogP contribution in [0.5, 0.6) is 0 Å². The highest BCUT2D eigenvalue weighted by atomic mass is 15.2. The van der Waals surface area contributed by atoms with Gasteiger partial charge in [0.25, 0.3) is 0 Å². The molecule has 0 radical (unpaired) electrons. The molecule has 18 heavy (non-hydrogen) atoms. The van der Waals surface area contributed by atoms with Gasteiger partial charge >= 0.3 is 0 Å². The summed E-state index contributed by atoms with van der Waals surface area (Å²) in [6.07, 6.45) is 1.00. The van der Waals surface area contributed by atoms with Crippen LogP contribution in [0.4, 0.5) is 5.82 Å². The van der Waals surface area contributed by atoms with Gasteiger partial charge in [-0.25, -0.2) is 9.97 Å². The summed E-state index contributed by atoms with van der Waals surface area (Å²) >= 11 is 0. The van der Waals surface area contributed by atoms with E-state index >= 15 is 0 Å². The zero-order chi connectivity index (χ0) is 13.1. The molecule has 1 N–H and O–H groups in total. The number of piperazine rings is 1. The van der Waals surface area contributed by atoms with E-state index in [1.165, 1.54) is 5.56 Å². The van der Waals surface area contributed by atoms with Crippen molar-refractivity contribution in [3.8, 4) is 0 Å². The molecule has 0 atom stereocenters. The Kier molecular flexibility index (Phi) is 4.17. The van der Waals surface area contributed by atoms with Crippen LogP contribution in [0.25, 0.3) is 0 Å². The van der Waals surface area contributed by atoms with Crippen molar-refractivity contribution in [3.05, 3.63) is 17.1 Å². The summed E-state index contributed by atoms with van der Waals surface area (Å²) < 4.78 is 0. The minimum atomic E-state index is 0.385. The molecule has 1 saturated heterocycles. The smallest absolute Gasteiger partial charge is 0.135 e. The summed E-state index contributed by atoms with van der Waals surface area (Å²) in [7, 11) is 0. The molecule has 1 aliphatic rings. The highest BCUT2D eigenvalue weighted by molar-refractivity contribution is 5.49. The molecule has 0 unspecified atom stereocenters. The van der Waals surface area contributed by atoms with Crippen LogP contribution in [0.2, 0.25) is 0 Å². The summed E-state index contributed by atoms with van der Waals surface area (Å²) in [5.41, 5.74) is 2.45. The number of aryl methyl sites for hydroxylation is 1. The van der Waals surface area contributed by atoms with Gasteiger partial charge in [-0.15, -0.1) is 0 Å². The molecule has 0 bridgehead atoms. The first-order valence-corrected chi connectivity index (χ1v) is 6.96. The fourth-order valence-corrected chi connectivity index (χ4v) is 2.41. The summed E-state index contributed by atoms with van der Waals surface area (Å²) in [6, 6.07) is 0. The number of nitrogens with one attached hydrogen (secondary N) is 1. The second kappa shape index (κ2) is 5.65. The Morgan fingerprint density at radius 2 is 1.89 bits per heavy atom. The van der Waals surface area contributed by atoms with E-state index in [4.69, 9.17) is 4.98 Å². The largest absolute Gasteiger partial charge is 0.354 e. The third kappa shape index (κ3) is 2.64. The molecule has 1 aromatic heterocycles. The topological polar surface area (TPSA) is 41.1 Å². The number of nitrogens with zero attached hydrogens (tertiary/aromatic N) is 3. The van der Waals surface area contributed by atoms with Crippen molar-refractivity contribution in [1.29, 1.82) is 0 Å². The van der Waals surface area contributed by atoms with E-state index in [0.29, 0.717) is 5.92 Å². The van der Waals surface area contributed by atoms with Crippen LogP contribution in [0.3, 0.4) is 0 Å². The molecule has 0 aromatic carbocycles. The SMILES string of the molecule is CCc1c(C)nc(C(C)C)nc1N1CCNCC1. The second-order valence-corrected chi connectivity index (χ2v) is 5.21. The summed E-state index contributed by atoms with van der Waals surface area (Å²) in [5, 5.41) is 3.39. The molecule has 1 fully saturated rings. The van der Waals surface area contributed by atoms with Crippen molar-refractivity contribution in [1.82, 2.24) is 15.3 Å². The van der Waals surface area contributed by atoms with E-state index in [0.717, 1.165) is 49.9 Å². The highest BCUT2D eigenvalue weighted by Gasteiger charge is 2.19. The Morgan fingerprint density at radius 1 is 1.22 bits per heavy atom. The van der Waals surface area contributed by atoms with Gasteiger partial charge in [-0.1, -0.05) is 20.8 Å². The summed E-state index contributed by atoms with van der Waals surface area (Å²) in [5.74, 6) is 2.52. The maximum atomic E-state index is 4.81. The van der Waals surface area contributed by atoms with Crippen LogP contribution in [0.15, 0.2) is 0 Å². The van der Waals surface area contributed by atoms with Crippen LogP contribution in [0.1, 0.15) is 43.8 Å². The number of aromatic nitrogens is 2. The van der Waals surface area contributed by atoms with Crippen LogP contribution in [0, 0.1) is 6.92 Å². The fraction of sp³-hybridized carbons (Fsp3) is 0.714. The van der Waals surface area contributed by atoms with Crippen LogP contribution in [-0.2, 0) is 6.42 Å². The number of anilines is 1. The lowest BCUT2D eigenvalue weighted by Crippen LogP contribution is -2.44. The minimum absolute atomic E-state index is 0.385. The van der Waals surface area contributed by atoms with Crippen LogP contribution < -0.4 is 10.2 Å². The number of hydrogen-bond acceptors (Lipinski definition) is 4. The molecule has 1 aliphatic heterocycles. The van der Waals surface area contributed by atoms with Crippen molar-refractivity contribution in [2.24, 2.45) is 0 Å². The first-order chi connectivity index (χ1) is 8.63. The molecule has 0 aliphatic carbocycles. The Morgan fingerprint density at radius 3 is 2.44 bits per heavy atom. The van der Waals surface area contributed by atoms with Crippen molar-refractivity contribution < 1.29 is 0 Å². The lowest BCUT2D eigenvalue weighted by Gasteiger charge is -2.30. The van der Waals surface area contributed by atoms with Crippen molar-refractivity contribution in [2.45, 2.75) is 40.0 Å². The Labute approximate surface area is 110 Å². The average molecular weight is 248 g/mol. The van der Waals surface area contributed by atoms with Crippen LogP contribution >= 0.6 is 0 Å². The van der Waals surface area contributed by atoms with Crippen LogP contribution in [-0.4, -0.2) is 36.1 Å². The van der Waals surface area contributed by atoms with Gasteiger partial charge in [0.1, 0.15) is 11.6 Å². The highest BCUT2D eigenvalue weighted by Crippen LogP contribution is 2.24. The number of rotatable bonds is 3. The van der Waals surface area contributed by atoms with E-state index in [2.05, 4.69) is 42.9 Å². The average Bonchev–Trinajstić information content (AvgIpc) is 2.38. The molecule has 0 spiro atoms. The Balaban J connectivity index is 2.41. The van der Waals surface area contributed by atoms with Gasteiger partial charge in [-0.2, -0.15) is 0 Å². The lowest BCUT2D eigenvalue weighted by atomic mass is 10.1. The van der Waals surface area contributed by atoms with Crippen molar-refractivity contribution in [2.75, 3.05) is 31.1 Å². The van der Waals surface area contributed by atoms with Crippen molar-refractivity contribution >= 4 is 5.82 Å². The van der Waals surface area contributed by atoms with E-state index in [1.54, 1.807) is 0 Å². The van der Waals surface area contributed by atoms with Gasteiger partial charge in [0.2, 0.25) is 0 Å². The van der Waals surface area contributed by atoms with Crippen molar-refractivity contribution in [3.63, 3.8) is 0 Å². The van der Waals surface area contributed by atoms with Gasteiger partial charge in [0.05, 0.1) is 0 Å². The van der Waals surface area contributed by atoms with Gasteiger partial charge in [0, 0.05) is 43.4 Å². The van der Waals surface area contributed by atoms with E-state index in [9.17, 15) is 0 Å². The van der Waals surface area contributed by atoms with E-state index in [-0.39, 0.29) is 0 Å². The Bertz CT molecular complexity index is 409. The third-order valence-corrected chi connectivity index (χ3v) is 3.50. The summed E-state index contributed by atoms with van der Waals surface area (Å²) in [4.78, 5) is 11.9. The zero-order valence-electron chi connectivity index (χ0n) is 12.0. The summed E-state index contributed by atoms with van der Waals surface area (Å²) in [6.45, 7) is 12.8. The quantitative estimate of drug-likeness (QED) is 0.887. The fourth-order valence-electron chi connectivity index (χ4n) is 2.41. The van der Waals surface area contributed by atoms with E-state index in [1.807, 2.05) is 0 Å². The van der Waals surface area contributed by atoms with Gasteiger partial charge < -0.3 is 10.2 Å². The molecule has 2 rings (SSSR count). The molecular weight excluding hydrogens is 224 g/mol. The predicted molar refractivity (Wildman–Crippen MR) is 75.3 cm³/mol. The maximum absolute atomic E-state index is 4.81. The third-order valence-electron chi connectivity index (χ3n) is 3.50. The second-order valence-electron chi connectivity index (χ2n) is 5.21. The molecule has 0 amide bonds. The molecular formula is C14H24N4. The molecule has 2 heterocycles. The predicted octanol–water partition coefficient (Wildman–Crippen LogP) is 1.88. The normalized spacial score (nSPS) is 16.4. The monoisotopic (exact) mass is 248 g/mol. The van der Waals surface area contributed by atoms with Gasteiger partial charge in [0.15, 0.2) is 0 Å². The standard InChI is InChI=1S/C14H24N4/c1-5-12-11(4)16-13(10(2)3)17-14(12)18-8-6-15-7-9-18/h10,15H,5-9H2,1-4H3. The lowest BCUT2D eigenvalue weighted by molar-refractivity contribution is 0.579. The molecule has 1 aromatic rings. The molecule has 0 saturated carbocycles. The minimum Gasteiger partial charge on any atom is -0.354 e.